The molecule has 1 heterocycles. The summed E-state index contributed by atoms with van der Waals surface area (Å²) in [6.45, 7) is 2.38. The van der Waals surface area contributed by atoms with Crippen LogP contribution in [0.4, 0.5) is 0 Å². The van der Waals surface area contributed by atoms with Gasteiger partial charge in [-0.05, 0) is 36.1 Å². The van der Waals surface area contributed by atoms with E-state index in [-0.39, 0.29) is 6.61 Å². The molecule has 160 valence electrons. The number of hydrogen-bond donors (Lipinski definition) is 1. The Morgan fingerprint density at radius 3 is 2.48 bits per heavy atom. The van der Waals surface area contributed by atoms with Crippen molar-refractivity contribution in [2.24, 2.45) is 0 Å². The molecular weight excluding hydrogens is 392 g/mol. The number of ether oxygens (including phenoxy) is 3. The van der Waals surface area contributed by atoms with Crippen LogP contribution in [0.1, 0.15) is 36.1 Å². The minimum absolute atomic E-state index is 0.207. The van der Waals surface area contributed by atoms with Crippen molar-refractivity contribution in [1.29, 1.82) is 0 Å². The molecule has 0 spiro atoms. The zero-order chi connectivity index (χ0) is 21.7. The first-order valence-corrected chi connectivity index (χ1v) is 10.5. The fourth-order valence-corrected chi connectivity index (χ4v) is 3.84. The van der Waals surface area contributed by atoms with Crippen molar-refractivity contribution >= 4 is 5.97 Å². The van der Waals surface area contributed by atoms with E-state index in [0.29, 0.717) is 36.5 Å². The van der Waals surface area contributed by atoms with Gasteiger partial charge >= 0.3 is 5.97 Å². The number of rotatable bonds is 7. The lowest BCUT2D eigenvalue weighted by Gasteiger charge is -2.39. The van der Waals surface area contributed by atoms with Crippen LogP contribution in [0.15, 0.2) is 78.9 Å². The average molecular weight is 418 g/mol. The van der Waals surface area contributed by atoms with Gasteiger partial charge in [-0.15, -0.1) is 0 Å². The Morgan fingerprint density at radius 2 is 1.77 bits per heavy atom. The number of aliphatic hydroxyl groups is 1. The van der Waals surface area contributed by atoms with E-state index in [4.69, 9.17) is 14.2 Å². The molecule has 0 saturated heterocycles. The summed E-state index contributed by atoms with van der Waals surface area (Å²) in [7, 11) is 0. The first-order valence-electron chi connectivity index (χ1n) is 10.5. The second kappa shape index (κ2) is 9.23. The molecule has 5 nitrogen and oxygen atoms in total. The summed E-state index contributed by atoms with van der Waals surface area (Å²) in [4.78, 5) is 13.0. The topological polar surface area (TPSA) is 65.0 Å². The first kappa shape index (κ1) is 20.9. The Hall–Kier alpha value is -3.31. The van der Waals surface area contributed by atoms with Gasteiger partial charge in [-0.2, -0.15) is 0 Å². The lowest BCUT2D eigenvalue weighted by Crippen LogP contribution is -2.53. The van der Waals surface area contributed by atoms with Crippen LogP contribution < -0.4 is 9.47 Å². The number of benzene rings is 3. The maximum Gasteiger partial charge on any atom is 0.353 e. The van der Waals surface area contributed by atoms with E-state index in [1.807, 2.05) is 60.7 Å². The number of aryl methyl sites for hydroxylation is 1. The van der Waals surface area contributed by atoms with E-state index in [2.05, 4.69) is 0 Å². The van der Waals surface area contributed by atoms with Crippen LogP contribution in [0.5, 0.6) is 11.5 Å². The standard InChI is InChI=1S/C26H26O5/c1-2-29-25(28)26(24(27)21-11-7-4-8-12-21)16-15-20-13-14-22(17-23(20)31-26)30-18-19-9-5-3-6-10-19/h3-14,17,24,27H,2,15-16,18H2,1H3/t24-,26+/m1/s1. The lowest BCUT2D eigenvalue weighted by atomic mass is 9.83. The third-order valence-corrected chi connectivity index (χ3v) is 5.52. The highest BCUT2D eigenvalue weighted by molar-refractivity contribution is 5.82. The molecule has 1 aliphatic heterocycles. The van der Waals surface area contributed by atoms with Crippen LogP contribution in [0.25, 0.3) is 0 Å². The SMILES string of the molecule is CCOC(=O)[C@@]1([C@H](O)c2ccccc2)CCc2ccc(OCc3ccccc3)cc2O1. The Kier molecular flexibility index (Phi) is 6.23. The molecule has 0 bridgehead atoms. The Balaban J connectivity index is 1.61. The average Bonchev–Trinajstić information content (AvgIpc) is 2.83. The predicted octanol–water partition coefficient (Wildman–Crippen LogP) is 4.63. The molecule has 0 unspecified atom stereocenters. The lowest BCUT2D eigenvalue weighted by molar-refractivity contribution is -0.176. The van der Waals surface area contributed by atoms with Crippen LogP contribution in [0, 0.1) is 0 Å². The van der Waals surface area contributed by atoms with Gasteiger partial charge in [0.1, 0.15) is 24.2 Å². The second-order valence-electron chi connectivity index (χ2n) is 7.57. The van der Waals surface area contributed by atoms with Gasteiger partial charge in [0.05, 0.1) is 6.61 Å². The van der Waals surface area contributed by atoms with E-state index < -0.39 is 17.7 Å². The van der Waals surface area contributed by atoms with E-state index in [9.17, 15) is 9.90 Å². The van der Waals surface area contributed by atoms with Gasteiger partial charge in [-0.25, -0.2) is 4.79 Å². The molecule has 0 saturated carbocycles. The summed E-state index contributed by atoms with van der Waals surface area (Å²) in [5.41, 5.74) is 1.12. The number of hydrogen-bond acceptors (Lipinski definition) is 5. The fraction of sp³-hybridized carbons (Fsp3) is 0.269. The summed E-state index contributed by atoms with van der Waals surface area (Å²) in [5, 5.41) is 11.2. The monoisotopic (exact) mass is 418 g/mol. The van der Waals surface area contributed by atoms with Crippen molar-refractivity contribution in [2.75, 3.05) is 6.61 Å². The Bertz CT molecular complexity index is 1020. The number of carbonyl (C=O) groups is 1. The van der Waals surface area contributed by atoms with Gasteiger partial charge in [0.2, 0.25) is 5.60 Å². The quantitative estimate of drug-likeness (QED) is 0.567. The molecule has 31 heavy (non-hydrogen) atoms. The molecule has 1 N–H and O–H groups in total. The van der Waals surface area contributed by atoms with E-state index >= 15 is 0 Å². The zero-order valence-electron chi connectivity index (χ0n) is 17.5. The number of esters is 1. The highest BCUT2D eigenvalue weighted by Crippen LogP contribution is 2.42. The minimum atomic E-state index is -1.51. The highest BCUT2D eigenvalue weighted by atomic mass is 16.6. The summed E-state index contributed by atoms with van der Waals surface area (Å²) >= 11 is 0. The van der Waals surface area contributed by atoms with Gasteiger partial charge in [0.15, 0.2) is 0 Å². The normalized spacial score (nSPS) is 18.4. The van der Waals surface area contributed by atoms with Crippen LogP contribution >= 0.6 is 0 Å². The van der Waals surface area contributed by atoms with Gasteiger partial charge in [-0.3, -0.25) is 0 Å². The van der Waals surface area contributed by atoms with E-state index in [1.165, 1.54) is 0 Å². The molecule has 0 aliphatic carbocycles. The molecule has 3 aromatic carbocycles. The smallest absolute Gasteiger partial charge is 0.353 e. The Labute approximate surface area is 182 Å². The molecule has 0 amide bonds. The molecule has 1 aliphatic rings. The van der Waals surface area contributed by atoms with Crippen LogP contribution in [-0.4, -0.2) is 23.3 Å². The van der Waals surface area contributed by atoms with Crippen LogP contribution in [0.3, 0.4) is 0 Å². The molecule has 0 aromatic heterocycles. The largest absolute Gasteiger partial charge is 0.489 e. The van der Waals surface area contributed by atoms with E-state index in [1.54, 1.807) is 25.1 Å². The number of carbonyl (C=O) groups excluding carboxylic acids is 1. The summed E-state index contributed by atoms with van der Waals surface area (Å²) < 4.78 is 17.5. The number of fused-ring (bicyclic) bond motifs is 1. The van der Waals surface area contributed by atoms with Gasteiger partial charge in [0.25, 0.3) is 0 Å². The molecule has 4 rings (SSSR count). The molecule has 3 aromatic rings. The molecule has 0 fully saturated rings. The van der Waals surface area contributed by atoms with Gasteiger partial charge < -0.3 is 19.3 Å². The van der Waals surface area contributed by atoms with Gasteiger partial charge in [0, 0.05) is 12.5 Å². The molecular formula is C26H26O5. The summed E-state index contributed by atoms with van der Waals surface area (Å²) in [6, 6.07) is 24.6. The predicted molar refractivity (Wildman–Crippen MR) is 117 cm³/mol. The van der Waals surface area contributed by atoms with Crippen molar-refractivity contribution in [3.05, 3.63) is 95.6 Å². The van der Waals surface area contributed by atoms with Crippen molar-refractivity contribution in [1.82, 2.24) is 0 Å². The molecule has 0 radical (unpaired) electrons. The molecule has 5 heteroatoms. The highest BCUT2D eigenvalue weighted by Gasteiger charge is 2.51. The minimum Gasteiger partial charge on any atom is -0.489 e. The first-order chi connectivity index (χ1) is 15.1. The third kappa shape index (κ3) is 4.42. The van der Waals surface area contributed by atoms with Crippen molar-refractivity contribution < 1.29 is 24.1 Å². The molecule has 2 atom stereocenters. The number of aliphatic hydroxyl groups excluding tert-OH is 1. The van der Waals surface area contributed by atoms with Gasteiger partial charge in [-0.1, -0.05) is 66.7 Å². The zero-order valence-corrected chi connectivity index (χ0v) is 17.5. The summed E-state index contributed by atoms with van der Waals surface area (Å²) in [6.07, 6.45) is -0.259. The van der Waals surface area contributed by atoms with Crippen LogP contribution in [0.2, 0.25) is 0 Å². The third-order valence-electron chi connectivity index (χ3n) is 5.52. The van der Waals surface area contributed by atoms with Crippen molar-refractivity contribution in [3.63, 3.8) is 0 Å². The maximum atomic E-state index is 13.0. The van der Waals surface area contributed by atoms with Crippen molar-refractivity contribution in [3.8, 4) is 11.5 Å². The van der Waals surface area contributed by atoms with E-state index in [0.717, 1.165) is 11.1 Å². The second-order valence-corrected chi connectivity index (χ2v) is 7.57. The Morgan fingerprint density at radius 1 is 1.06 bits per heavy atom. The maximum absolute atomic E-state index is 13.0. The van der Waals surface area contributed by atoms with Crippen LogP contribution in [-0.2, 0) is 22.6 Å². The fourth-order valence-electron chi connectivity index (χ4n) is 3.84. The summed E-state index contributed by atoms with van der Waals surface area (Å²) in [5.74, 6) is 0.601. The van der Waals surface area contributed by atoms with Crippen molar-refractivity contribution in [2.45, 2.75) is 38.1 Å².